The second-order valence-electron chi connectivity index (χ2n) is 8.84. The number of hydrogen-bond donors (Lipinski definition) is 2. The zero-order chi connectivity index (χ0) is 27.8. The second kappa shape index (κ2) is 13.0. The maximum absolute atomic E-state index is 13.5. The normalized spacial score (nSPS) is 11.8. The second-order valence-corrected chi connectivity index (χ2v) is 8.84. The van der Waals surface area contributed by atoms with Gasteiger partial charge in [0.1, 0.15) is 17.9 Å². The van der Waals surface area contributed by atoms with Crippen LogP contribution in [0.3, 0.4) is 0 Å². The molecule has 1 atom stereocenters. The first-order valence-electron chi connectivity index (χ1n) is 13.0. The molecule has 0 aliphatic carbocycles. The fourth-order valence-corrected chi connectivity index (χ4v) is 4.21. The van der Waals surface area contributed by atoms with Crippen molar-refractivity contribution in [2.45, 2.75) is 33.0 Å². The molecule has 0 aliphatic rings. The fraction of sp³-hybridized carbons (Fsp3) is 0.310. The van der Waals surface area contributed by atoms with Gasteiger partial charge in [-0.05, 0) is 61.9 Å². The largest absolute Gasteiger partial charge is 0.466 e. The van der Waals surface area contributed by atoms with Crippen LogP contribution >= 0.6 is 0 Å². The van der Waals surface area contributed by atoms with E-state index in [4.69, 9.17) is 20.2 Å². The van der Waals surface area contributed by atoms with E-state index < -0.39 is 6.23 Å². The first-order chi connectivity index (χ1) is 18.9. The lowest BCUT2D eigenvalue weighted by Gasteiger charge is -2.21. The molecule has 1 unspecified atom stereocenters. The number of nitrogens with one attached hydrogen (secondary N) is 1. The number of carbonyl (C=O) groups is 2. The van der Waals surface area contributed by atoms with Crippen molar-refractivity contribution in [1.29, 1.82) is 0 Å². The number of fused-ring (bicyclic) bond motifs is 1. The summed E-state index contributed by atoms with van der Waals surface area (Å²) in [5.41, 5.74) is 9.89. The topological polar surface area (TPSA) is 125 Å². The molecule has 0 spiro atoms. The summed E-state index contributed by atoms with van der Waals surface area (Å²) in [7, 11) is 1.94. The summed E-state index contributed by atoms with van der Waals surface area (Å²) >= 11 is 0. The highest BCUT2D eigenvalue weighted by Gasteiger charge is 2.21. The molecule has 10 heteroatoms. The highest BCUT2D eigenvalue weighted by Crippen LogP contribution is 2.22. The number of nitrogens with zero attached hydrogens (tertiary/aromatic N) is 4. The molecule has 0 bridgehead atoms. The standard InChI is InChI=1S/C29H34N6O4/c1-4-38-27(36)15-17-35(25-8-6-7-16-31-25)29(37)21-11-14-24-23(18-21)33-26(34(24)3)19-32-22-12-9-20(10-13-22)28(30)39-5-2/h6-14,16,18,28,32H,4-5,15,17,19,30H2,1-3H3. The van der Waals surface area contributed by atoms with Crippen molar-refractivity contribution in [2.75, 3.05) is 30.0 Å². The lowest BCUT2D eigenvalue weighted by Crippen LogP contribution is -2.34. The van der Waals surface area contributed by atoms with Crippen LogP contribution in [-0.4, -0.2) is 46.2 Å². The van der Waals surface area contributed by atoms with E-state index in [-0.39, 0.29) is 31.4 Å². The predicted molar refractivity (Wildman–Crippen MR) is 150 cm³/mol. The molecule has 204 valence electrons. The summed E-state index contributed by atoms with van der Waals surface area (Å²) in [6, 6.07) is 18.5. The maximum atomic E-state index is 13.5. The average molecular weight is 531 g/mol. The van der Waals surface area contributed by atoms with Crippen molar-refractivity contribution in [1.82, 2.24) is 14.5 Å². The Morgan fingerprint density at radius 3 is 2.56 bits per heavy atom. The number of pyridine rings is 1. The lowest BCUT2D eigenvalue weighted by atomic mass is 10.1. The summed E-state index contributed by atoms with van der Waals surface area (Å²) < 4.78 is 12.5. The van der Waals surface area contributed by atoms with E-state index in [0.29, 0.717) is 30.0 Å². The Morgan fingerprint density at radius 2 is 1.87 bits per heavy atom. The molecule has 39 heavy (non-hydrogen) atoms. The van der Waals surface area contributed by atoms with E-state index in [0.717, 1.165) is 22.6 Å². The van der Waals surface area contributed by atoms with Crippen molar-refractivity contribution < 1.29 is 19.1 Å². The molecule has 4 rings (SSSR count). The number of ether oxygens (including phenoxy) is 2. The Morgan fingerprint density at radius 1 is 1.08 bits per heavy atom. The Kier molecular flexibility index (Phi) is 9.24. The summed E-state index contributed by atoms with van der Waals surface area (Å²) in [5.74, 6) is 0.644. The molecule has 4 aromatic rings. The lowest BCUT2D eigenvalue weighted by molar-refractivity contribution is -0.142. The van der Waals surface area contributed by atoms with Crippen molar-refractivity contribution in [2.24, 2.45) is 12.8 Å². The molecule has 0 fully saturated rings. The van der Waals surface area contributed by atoms with E-state index in [9.17, 15) is 9.59 Å². The number of amides is 1. The van der Waals surface area contributed by atoms with Gasteiger partial charge in [-0.25, -0.2) is 9.97 Å². The van der Waals surface area contributed by atoms with Gasteiger partial charge >= 0.3 is 5.97 Å². The van der Waals surface area contributed by atoms with E-state index in [2.05, 4.69) is 10.3 Å². The molecule has 0 radical (unpaired) electrons. The minimum atomic E-state index is -0.445. The third kappa shape index (κ3) is 6.78. The SMILES string of the molecule is CCOC(=O)CCN(C(=O)c1ccc2c(c1)nc(CNc1ccc(C(N)OCC)cc1)n2C)c1ccccn1. The van der Waals surface area contributed by atoms with Gasteiger partial charge in [-0.1, -0.05) is 18.2 Å². The molecule has 2 aromatic carbocycles. The van der Waals surface area contributed by atoms with E-state index in [1.807, 2.05) is 48.9 Å². The molecule has 2 heterocycles. The van der Waals surface area contributed by atoms with E-state index in [1.54, 1.807) is 43.5 Å². The van der Waals surface area contributed by atoms with Crippen LogP contribution in [0, 0.1) is 0 Å². The van der Waals surface area contributed by atoms with Crippen molar-refractivity contribution in [3.63, 3.8) is 0 Å². The van der Waals surface area contributed by atoms with Gasteiger partial charge in [0.25, 0.3) is 5.91 Å². The van der Waals surface area contributed by atoms with E-state index >= 15 is 0 Å². The smallest absolute Gasteiger partial charge is 0.307 e. The molecule has 0 aliphatic heterocycles. The minimum Gasteiger partial charge on any atom is -0.466 e. The van der Waals surface area contributed by atoms with Gasteiger partial charge in [-0.15, -0.1) is 0 Å². The number of nitrogens with two attached hydrogens (primary N) is 1. The number of anilines is 2. The number of imidazole rings is 1. The van der Waals surface area contributed by atoms with Crippen LogP contribution in [0.2, 0.25) is 0 Å². The van der Waals surface area contributed by atoms with Gasteiger partial charge < -0.3 is 25.1 Å². The van der Waals surface area contributed by atoms with Crippen molar-refractivity contribution >= 4 is 34.4 Å². The third-order valence-corrected chi connectivity index (χ3v) is 6.27. The number of benzene rings is 2. The van der Waals surface area contributed by atoms with Crippen LogP contribution in [0.1, 0.15) is 48.2 Å². The quantitative estimate of drug-likeness (QED) is 0.207. The number of hydrogen-bond acceptors (Lipinski definition) is 8. The van der Waals surface area contributed by atoms with Gasteiger partial charge in [0.2, 0.25) is 0 Å². The van der Waals surface area contributed by atoms with Crippen LogP contribution in [-0.2, 0) is 27.9 Å². The number of aryl methyl sites for hydroxylation is 1. The average Bonchev–Trinajstić information content (AvgIpc) is 3.27. The fourth-order valence-electron chi connectivity index (χ4n) is 4.21. The Balaban J connectivity index is 1.50. The Bertz CT molecular complexity index is 1400. The summed E-state index contributed by atoms with van der Waals surface area (Å²) in [6.45, 7) is 5.14. The number of aromatic nitrogens is 3. The van der Waals surface area contributed by atoms with Crippen molar-refractivity contribution in [3.05, 3.63) is 83.8 Å². The van der Waals surface area contributed by atoms with Crippen LogP contribution in [0.5, 0.6) is 0 Å². The molecule has 3 N–H and O–H groups in total. The summed E-state index contributed by atoms with van der Waals surface area (Å²) in [6.07, 6.45) is 1.23. The molecule has 0 saturated heterocycles. The van der Waals surface area contributed by atoms with Crippen molar-refractivity contribution in [3.8, 4) is 0 Å². The van der Waals surface area contributed by atoms with Gasteiger partial charge in [0.05, 0.1) is 30.6 Å². The third-order valence-electron chi connectivity index (χ3n) is 6.27. The molecular weight excluding hydrogens is 496 g/mol. The van der Waals surface area contributed by atoms with Gasteiger partial charge in [-0.2, -0.15) is 0 Å². The van der Waals surface area contributed by atoms with Gasteiger partial charge in [0.15, 0.2) is 0 Å². The molecular formula is C29H34N6O4. The monoisotopic (exact) mass is 530 g/mol. The number of esters is 1. The highest BCUT2D eigenvalue weighted by atomic mass is 16.5. The first-order valence-corrected chi connectivity index (χ1v) is 13.0. The van der Waals surface area contributed by atoms with E-state index in [1.165, 1.54) is 4.90 Å². The highest BCUT2D eigenvalue weighted by molar-refractivity contribution is 6.07. The molecule has 2 aromatic heterocycles. The zero-order valence-corrected chi connectivity index (χ0v) is 22.5. The van der Waals surface area contributed by atoms with Crippen LogP contribution in [0.4, 0.5) is 11.5 Å². The Labute approximate surface area is 227 Å². The van der Waals surface area contributed by atoms with Crippen LogP contribution in [0.25, 0.3) is 11.0 Å². The molecule has 1 amide bonds. The minimum absolute atomic E-state index is 0.0658. The van der Waals surface area contributed by atoms with Gasteiger partial charge in [-0.3, -0.25) is 14.5 Å². The first kappa shape index (κ1) is 27.7. The van der Waals surface area contributed by atoms with Crippen LogP contribution in [0.15, 0.2) is 66.9 Å². The summed E-state index contributed by atoms with van der Waals surface area (Å²) in [5, 5.41) is 3.38. The Hall–Kier alpha value is -4.28. The zero-order valence-electron chi connectivity index (χ0n) is 22.5. The van der Waals surface area contributed by atoms with Gasteiger partial charge in [0, 0.05) is 37.6 Å². The van der Waals surface area contributed by atoms with Crippen LogP contribution < -0.4 is 16.0 Å². The number of carbonyl (C=O) groups excluding carboxylic acids is 2. The summed E-state index contributed by atoms with van der Waals surface area (Å²) in [4.78, 5) is 36.1. The molecule has 0 saturated carbocycles. The number of rotatable bonds is 12. The maximum Gasteiger partial charge on any atom is 0.307 e. The molecule has 10 nitrogen and oxygen atoms in total. The predicted octanol–water partition coefficient (Wildman–Crippen LogP) is 4.17.